The van der Waals surface area contributed by atoms with Gasteiger partial charge in [0, 0.05) is 5.33 Å². The SMILES string of the molecule is CC(C)(C)OCCOCCOCCOc1cc(CBr)cc(OCCOCCOCCOC(C)(C)C)c1OCCOCCOCCOC(C)(C)C.CC(C)(C)OCCOCCOCCOc1cc(CO)cc(OCCOCCOCCOC(C)(C)C)c1OCCOCCOCCOC(C)(C)C.ClC(Cl)Cl. The summed E-state index contributed by atoms with van der Waals surface area (Å²) >= 11 is 18.0. The van der Waals surface area contributed by atoms with Crippen LogP contribution in [0, 0.1) is 0 Å². The van der Waals surface area contributed by atoms with Gasteiger partial charge in [0.05, 0.1) is 238 Å². The molecule has 1 N–H and O–H groups in total. The molecule has 0 bridgehead atoms. The van der Waals surface area contributed by atoms with Gasteiger partial charge in [-0.1, -0.05) is 50.7 Å². The Kier molecular flexibility index (Phi) is 61.2. The van der Waals surface area contributed by atoms with Gasteiger partial charge < -0.3 is 119 Å². The largest absolute Gasteiger partial charge is 0.487 e. The number of aliphatic hydroxyl groups is 1. The summed E-state index contributed by atoms with van der Waals surface area (Å²) in [5.74, 6) is 2.89. The highest BCUT2D eigenvalue weighted by molar-refractivity contribution is 9.08. The Labute approximate surface area is 648 Å². The van der Waals surface area contributed by atoms with Crippen molar-refractivity contribution in [2.45, 2.75) is 174 Å². The molecule has 0 saturated heterocycles. The fraction of sp³-hybridized carbons (Fsp3) is 0.840. The summed E-state index contributed by atoms with van der Waals surface area (Å²) in [4.78, 5) is 0. The van der Waals surface area contributed by atoms with E-state index in [1.165, 1.54) is 0 Å². The molecular formula is C75H136BrCl3O25. The van der Waals surface area contributed by atoms with Crippen molar-refractivity contribution in [3.05, 3.63) is 35.4 Å². The molecule has 0 aliphatic carbocycles. The van der Waals surface area contributed by atoms with Crippen molar-refractivity contribution >= 4 is 50.7 Å². The van der Waals surface area contributed by atoms with E-state index in [0.29, 0.717) is 263 Å². The lowest BCUT2D eigenvalue weighted by atomic mass is 10.2. The van der Waals surface area contributed by atoms with E-state index < -0.39 is 4.30 Å². The fourth-order valence-electron chi connectivity index (χ4n) is 7.76. The van der Waals surface area contributed by atoms with Crippen LogP contribution in [0.5, 0.6) is 34.5 Å². The molecule has 0 aromatic heterocycles. The van der Waals surface area contributed by atoms with Crippen molar-refractivity contribution in [3.8, 4) is 34.5 Å². The van der Waals surface area contributed by atoms with E-state index in [1.54, 1.807) is 12.1 Å². The molecule has 2 aromatic carbocycles. The number of halogens is 4. The zero-order valence-corrected chi connectivity index (χ0v) is 70.4. The van der Waals surface area contributed by atoms with Gasteiger partial charge in [-0.3, -0.25) is 0 Å². The average Bonchev–Trinajstić information content (AvgIpc) is 0.833. The lowest BCUT2D eigenvalue weighted by molar-refractivity contribution is -0.0438. The van der Waals surface area contributed by atoms with Gasteiger partial charge in [-0.25, -0.2) is 0 Å². The predicted octanol–water partition coefficient (Wildman–Crippen LogP) is 13.1. The van der Waals surface area contributed by atoms with E-state index in [1.807, 2.05) is 137 Å². The molecule has 2 aromatic rings. The monoisotopic (exact) mass is 1620 g/mol. The van der Waals surface area contributed by atoms with Gasteiger partial charge in [0.1, 0.15) is 39.6 Å². The molecule has 0 unspecified atom stereocenters. The number of rotatable bonds is 62. The van der Waals surface area contributed by atoms with E-state index in [0.717, 1.165) is 5.56 Å². The number of aliphatic hydroxyl groups excluding tert-OH is 1. The van der Waals surface area contributed by atoms with Crippen LogP contribution in [0.4, 0.5) is 0 Å². The van der Waals surface area contributed by atoms with Gasteiger partial charge in [-0.05, 0) is 160 Å². The van der Waals surface area contributed by atoms with Crippen LogP contribution in [0.2, 0.25) is 0 Å². The van der Waals surface area contributed by atoms with E-state index in [4.69, 9.17) is 148 Å². The molecule has 0 heterocycles. The summed E-state index contributed by atoms with van der Waals surface area (Å²) in [5, 5.41) is 10.5. The smallest absolute Gasteiger partial charge is 0.203 e. The molecule has 614 valence electrons. The van der Waals surface area contributed by atoms with E-state index in [2.05, 4.69) is 15.9 Å². The third-order valence-corrected chi connectivity index (χ3v) is 12.8. The average molecular weight is 1620 g/mol. The third-order valence-electron chi connectivity index (χ3n) is 12.2. The maximum Gasteiger partial charge on any atom is 0.203 e. The van der Waals surface area contributed by atoms with Gasteiger partial charge in [0.15, 0.2) is 27.3 Å². The first-order chi connectivity index (χ1) is 49.1. The van der Waals surface area contributed by atoms with Crippen LogP contribution in [-0.2, 0) is 97.2 Å². The summed E-state index contributed by atoms with van der Waals surface area (Å²) in [7, 11) is 0. The van der Waals surface area contributed by atoms with E-state index in [9.17, 15) is 5.11 Å². The minimum atomic E-state index is -0.750. The minimum Gasteiger partial charge on any atom is -0.487 e. The molecule has 0 fully saturated rings. The highest BCUT2D eigenvalue weighted by Crippen LogP contribution is 2.41. The second-order valence-corrected chi connectivity index (χ2v) is 31.1. The summed E-state index contributed by atoms with van der Waals surface area (Å²) < 4.78 is 137. The van der Waals surface area contributed by atoms with Gasteiger partial charge >= 0.3 is 0 Å². The Balaban J connectivity index is 0.00000194. The molecule has 104 heavy (non-hydrogen) atoms. The maximum absolute atomic E-state index is 9.93. The molecule has 0 spiro atoms. The standard InChI is InChI=1S/C37H67BrO12.C37H68O13.CHCl3/c2*1-35(2,3)48-25-19-42-13-10-39-16-22-45-32-28-31(30-38)29-33(46-23-17-40-11-14-43-20-26-49-36(4,5)6)34(32)47-24-18-41-12-15-44-21-27-50-37(7,8)9;2-1(3)4/h28-29H,10-27,30H2,1-9H3;28-29,38H,10-27,30H2,1-9H3;1H. The molecule has 0 aliphatic heterocycles. The van der Waals surface area contributed by atoms with Crippen molar-refractivity contribution in [1.29, 1.82) is 0 Å². The number of hydrogen-bond donors (Lipinski definition) is 1. The molecular weight excluding hydrogens is 1490 g/mol. The third kappa shape index (κ3) is 70.2. The normalized spacial score (nSPS) is 12.3. The highest BCUT2D eigenvalue weighted by atomic mass is 79.9. The van der Waals surface area contributed by atoms with E-state index in [-0.39, 0.29) is 60.0 Å². The van der Waals surface area contributed by atoms with Crippen LogP contribution in [0.3, 0.4) is 0 Å². The lowest BCUT2D eigenvalue weighted by Gasteiger charge is -2.19. The fourth-order valence-corrected chi connectivity index (χ4v) is 8.09. The second-order valence-electron chi connectivity index (χ2n) is 28.6. The molecule has 0 saturated carbocycles. The topological polar surface area (TPSA) is 242 Å². The predicted molar refractivity (Wildman–Crippen MR) is 410 cm³/mol. The summed E-state index contributed by atoms with van der Waals surface area (Å²) in [6.07, 6.45) is 0. The van der Waals surface area contributed by atoms with Crippen molar-refractivity contribution in [1.82, 2.24) is 0 Å². The van der Waals surface area contributed by atoms with Crippen molar-refractivity contribution in [3.63, 3.8) is 0 Å². The Morgan fingerprint density at radius 1 is 0.250 bits per heavy atom. The van der Waals surface area contributed by atoms with Crippen LogP contribution in [0.15, 0.2) is 24.3 Å². The van der Waals surface area contributed by atoms with Gasteiger partial charge in [-0.2, -0.15) is 0 Å². The Morgan fingerprint density at radius 3 is 0.548 bits per heavy atom. The molecule has 0 amide bonds. The zero-order valence-electron chi connectivity index (χ0n) is 66.5. The summed E-state index contributed by atoms with van der Waals surface area (Å²) in [6.45, 7) is 51.6. The molecule has 25 nitrogen and oxygen atoms in total. The van der Waals surface area contributed by atoms with Crippen LogP contribution in [0.1, 0.15) is 136 Å². The van der Waals surface area contributed by atoms with Crippen molar-refractivity contribution in [2.75, 3.05) is 238 Å². The molecule has 0 atom stereocenters. The van der Waals surface area contributed by atoms with Gasteiger partial charge in [0.25, 0.3) is 0 Å². The first-order valence-corrected chi connectivity index (χ1v) is 38.5. The van der Waals surface area contributed by atoms with Crippen LogP contribution in [-0.4, -0.2) is 281 Å². The first kappa shape index (κ1) is 102. The lowest BCUT2D eigenvalue weighted by Crippen LogP contribution is -2.22. The molecule has 2 rings (SSSR count). The number of benzene rings is 2. The van der Waals surface area contributed by atoms with Crippen molar-refractivity contribution in [2.24, 2.45) is 0 Å². The zero-order chi connectivity index (χ0) is 77.9. The summed E-state index contributed by atoms with van der Waals surface area (Å²) in [6, 6.07) is 7.32. The van der Waals surface area contributed by atoms with Crippen molar-refractivity contribution < 1.29 is 119 Å². The molecule has 0 aliphatic rings. The minimum absolute atomic E-state index is 0.175. The Morgan fingerprint density at radius 2 is 0.394 bits per heavy atom. The number of hydrogen-bond acceptors (Lipinski definition) is 25. The van der Waals surface area contributed by atoms with Crippen LogP contribution >= 0.6 is 50.7 Å². The van der Waals surface area contributed by atoms with Gasteiger partial charge in [0.2, 0.25) is 11.5 Å². The second kappa shape index (κ2) is 62.5. The van der Waals surface area contributed by atoms with Gasteiger partial charge in [-0.15, -0.1) is 0 Å². The molecule has 0 radical (unpaired) electrons. The maximum atomic E-state index is 9.93. The summed E-state index contributed by atoms with van der Waals surface area (Å²) in [5.41, 5.74) is 0.500. The Hall–Kier alpha value is -2.17. The van der Waals surface area contributed by atoms with E-state index >= 15 is 0 Å². The number of ether oxygens (including phenoxy) is 24. The Bertz CT molecular complexity index is 2030. The first-order valence-electron chi connectivity index (χ1n) is 36.1. The highest BCUT2D eigenvalue weighted by Gasteiger charge is 2.20. The quantitative estimate of drug-likeness (QED) is 0.0478. The molecule has 29 heteroatoms. The number of alkyl halides is 4. The van der Waals surface area contributed by atoms with Crippen LogP contribution in [0.25, 0.3) is 0 Å². The van der Waals surface area contributed by atoms with Crippen LogP contribution < -0.4 is 28.4 Å².